The Bertz CT molecular complexity index is 2610. The van der Waals surface area contributed by atoms with Crippen LogP contribution in [0.3, 0.4) is 0 Å². The van der Waals surface area contributed by atoms with E-state index in [0.717, 1.165) is 6.42 Å². The lowest BCUT2D eigenvalue weighted by Gasteiger charge is -2.41. The van der Waals surface area contributed by atoms with Gasteiger partial charge in [-0.3, -0.25) is 38.4 Å². The van der Waals surface area contributed by atoms with Crippen molar-refractivity contribution in [2.24, 2.45) is 13.0 Å². The third kappa shape index (κ3) is 6.96. The van der Waals surface area contributed by atoms with Crippen molar-refractivity contribution < 1.29 is 36.7 Å². The van der Waals surface area contributed by atoms with Crippen LogP contribution < -0.4 is 21.2 Å². The molecule has 8 heterocycles. The number of ether oxygens (including phenoxy) is 1. The van der Waals surface area contributed by atoms with E-state index in [1.807, 2.05) is 6.07 Å². The highest BCUT2D eigenvalue weighted by Crippen LogP contribution is 2.44. The van der Waals surface area contributed by atoms with Gasteiger partial charge in [-0.2, -0.15) is 10.2 Å². The largest absolute Gasteiger partial charge is 0.374 e. The lowest BCUT2D eigenvalue weighted by atomic mass is 9.83. The lowest BCUT2D eigenvalue weighted by molar-refractivity contribution is -0.135. The summed E-state index contributed by atoms with van der Waals surface area (Å²) in [4.78, 5) is 60.1. The van der Waals surface area contributed by atoms with Crippen molar-refractivity contribution in [2.45, 2.75) is 93.9 Å². The van der Waals surface area contributed by atoms with Crippen molar-refractivity contribution in [3.05, 3.63) is 70.2 Å². The van der Waals surface area contributed by atoms with Gasteiger partial charge in [-0.15, -0.1) is 0 Å². The van der Waals surface area contributed by atoms with Gasteiger partial charge in [0.2, 0.25) is 11.8 Å². The van der Waals surface area contributed by atoms with Gasteiger partial charge in [-0.05, 0) is 75.1 Å². The molecule has 61 heavy (non-hydrogen) atoms. The number of amides is 3. The number of hydrogen-bond donors (Lipinski definition) is 2. The molecule has 1 saturated carbocycles. The zero-order valence-electron chi connectivity index (χ0n) is 33.4. The van der Waals surface area contributed by atoms with Crippen LogP contribution in [0.4, 0.5) is 29.1 Å². The van der Waals surface area contributed by atoms with Crippen molar-refractivity contribution in [1.29, 1.82) is 0 Å². The molecule has 10 rings (SSSR count). The molecule has 4 aliphatic heterocycles. The number of nitrogens with zero attached hydrogens (tertiary/aromatic N) is 9. The Morgan fingerprint density at radius 1 is 1.07 bits per heavy atom. The average Bonchev–Trinajstić information content (AvgIpc) is 4.08. The second kappa shape index (κ2) is 15.1. The Morgan fingerprint density at radius 3 is 2.61 bits per heavy atom. The number of imide groups is 1. The van der Waals surface area contributed by atoms with Gasteiger partial charge in [0.1, 0.15) is 17.4 Å². The number of aryl methyl sites for hydroxylation is 1. The quantitative estimate of drug-likeness (QED) is 0.159. The fraction of sp³-hybridized carbons (Fsp3) is 0.537. The summed E-state index contributed by atoms with van der Waals surface area (Å²) in [5.41, 5.74) is 0.364. The van der Waals surface area contributed by atoms with E-state index in [2.05, 4.69) is 25.7 Å². The van der Waals surface area contributed by atoms with Crippen LogP contribution in [0.15, 0.2) is 47.7 Å². The number of likely N-dealkylation sites (tertiary alicyclic amines) is 1. The molecule has 4 atom stereocenters. The van der Waals surface area contributed by atoms with Crippen LogP contribution in [-0.4, -0.2) is 107 Å². The van der Waals surface area contributed by atoms with Crippen molar-refractivity contribution >= 4 is 45.9 Å². The molecule has 5 aromatic rings. The van der Waals surface area contributed by atoms with E-state index in [1.54, 1.807) is 29.3 Å². The Balaban J connectivity index is 0.782. The SMILES string of the molecule is Cn1c(=O)n(C2CCC(=O)NC2=O)c2cccc([C@H]3CCN(CC4CCC(n5cc(NC(=O)c6cnn7ccc(N8C[C@H]9C[C@@H]8CO9)nc67)c(C(F)F)n5)CC4)CC3(F)F)c21. The Kier molecular flexibility index (Phi) is 9.76. The predicted octanol–water partition coefficient (Wildman–Crippen LogP) is 4.58. The molecule has 322 valence electrons. The third-order valence-corrected chi connectivity index (χ3v) is 13.4. The number of halogens is 4. The number of morpholine rings is 1. The molecule has 4 aromatic heterocycles. The Labute approximate surface area is 345 Å². The summed E-state index contributed by atoms with van der Waals surface area (Å²) in [5.74, 6) is -5.13. The molecule has 20 heteroatoms. The number of rotatable bonds is 9. The molecule has 1 unspecified atom stereocenters. The second-order valence-corrected chi connectivity index (χ2v) is 17.2. The van der Waals surface area contributed by atoms with Crippen LogP contribution in [0.25, 0.3) is 16.7 Å². The molecule has 5 aliphatic rings. The maximum Gasteiger partial charge on any atom is 0.329 e. The molecule has 5 fully saturated rings. The summed E-state index contributed by atoms with van der Waals surface area (Å²) in [6.07, 6.45) is 5.56. The number of aromatic nitrogens is 7. The number of hydrogen-bond acceptors (Lipinski definition) is 10. The zero-order chi connectivity index (χ0) is 42.3. The fourth-order valence-electron chi connectivity index (χ4n) is 10.4. The van der Waals surface area contributed by atoms with E-state index in [-0.39, 0.29) is 54.6 Å². The van der Waals surface area contributed by atoms with E-state index in [4.69, 9.17) is 9.72 Å². The van der Waals surface area contributed by atoms with Gasteiger partial charge < -0.3 is 15.0 Å². The van der Waals surface area contributed by atoms with E-state index < -0.39 is 60.0 Å². The van der Waals surface area contributed by atoms with Crippen LogP contribution in [0, 0.1) is 5.92 Å². The summed E-state index contributed by atoms with van der Waals surface area (Å²) in [5, 5.41) is 13.4. The monoisotopic (exact) mass is 847 g/mol. The predicted molar refractivity (Wildman–Crippen MR) is 212 cm³/mol. The van der Waals surface area contributed by atoms with Crippen molar-refractivity contribution in [1.82, 2.24) is 43.7 Å². The van der Waals surface area contributed by atoms with Gasteiger partial charge in [0.05, 0.1) is 60.2 Å². The van der Waals surface area contributed by atoms with E-state index in [9.17, 15) is 28.0 Å². The van der Waals surface area contributed by atoms with Crippen LogP contribution in [0.1, 0.15) is 97.4 Å². The first-order chi connectivity index (χ1) is 29.3. The summed E-state index contributed by atoms with van der Waals surface area (Å²) >= 11 is 0. The topological polar surface area (TPSA) is 166 Å². The summed E-state index contributed by atoms with van der Waals surface area (Å²) < 4.78 is 72.3. The molecule has 3 amide bonds. The molecular formula is C41H45F4N11O5. The second-order valence-electron chi connectivity index (χ2n) is 17.2. The highest BCUT2D eigenvalue weighted by Gasteiger charge is 2.47. The minimum atomic E-state index is -3.12. The summed E-state index contributed by atoms with van der Waals surface area (Å²) in [6, 6.07) is 5.80. The normalized spacial score (nSPS) is 26.8. The number of imidazole rings is 1. The standard InChI is InChI=1S/C41H45F4N11O5/c1-51-35-26(3-2-4-30(35)56(40(51)60)31-9-10-33(57)49-39(31)59)28-11-13-52(21-41(28,44)45)17-22-5-7-23(8-6-22)55-19-29(34(50-55)36(42)43)47-38(58)27-16-46-54-14-12-32(48-37(27)54)53-18-25-15-24(53)20-61-25/h2-4,12,14,16,19,22-25,28,31,36H,5-11,13,15,17-18,20-21H2,1H3,(H,47,58)(H,49,57,59)/t22?,23?,24-,25-,28-,31?/m1/s1. The Hall–Kier alpha value is -5.63. The number of para-hydroxylation sites is 1. The van der Waals surface area contributed by atoms with Gasteiger partial charge in [0.15, 0.2) is 11.3 Å². The van der Waals surface area contributed by atoms with Crippen molar-refractivity contribution in [3.63, 3.8) is 0 Å². The molecule has 2 N–H and O–H groups in total. The minimum Gasteiger partial charge on any atom is -0.374 e. The number of carbonyl (C=O) groups excluding carboxylic acids is 3. The number of carbonyl (C=O) groups is 3. The molecule has 1 aromatic carbocycles. The number of fused-ring (bicyclic) bond motifs is 4. The first-order valence-electron chi connectivity index (χ1n) is 20.9. The lowest BCUT2D eigenvalue weighted by Crippen LogP contribution is -2.49. The highest BCUT2D eigenvalue weighted by molar-refractivity contribution is 6.08. The van der Waals surface area contributed by atoms with Crippen LogP contribution in [0.2, 0.25) is 0 Å². The average molecular weight is 848 g/mol. The number of anilines is 2. The molecule has 0 spiro atoms. The zero-order valence-corrected chi connectivity index (χ0v) is 33.4. The molecular weight excluding hydrogens is 803 g/mol. The minimum absolute atomic E-state index is 0.0717. The molecule has 1 aliphatic carbocycles. The van der Waals surface area contributed by atoms with Crippen LogP contribution >= 0.6 is 0 Å². The molecule has 2 bridgehead atoms. The van der Waals surface area contributed by atoms with Gasteiger partial charge in [-0.1, -0.05) is 12.1 Å². The van der Waals surface area contributed by atoms with Crippen molar-refractivity contribution in [2.75, 3.05) is 43.0 Å². The van der Waals surface area contributed by atoms with E-state index in [1.165, 1.54) is 37.8 Å². The number of nitrogens with one attached hydrogen (secondary N) is 2. The smallest absolute Gasteiger partial charge is 0.329 e. The van der Waals surface area contributed by atoms with Gasteiger partial charge in [0.25, 0.3) is 18.3 Å². The third-order valence-electron chi connectivity index (χ3n) is 13.4. The summed E-state index contributed by atoms with van der Waals surface area (Å²) in [6.45, 7) is 1.72. The molecule has 0 radical (unpaired) electrons. The number of piperidine rings is 2. The van der Waals surface area contributed by atoms with Gasteiger partial charge >= 0.3 is 5.69 Å². The van der Waals surface area contributed by atoms with Crippen molar-refractivity contribution in [3.8, 4) is 0 Å². The highest BCUT2D eigenvalue weighted by atomic mass is 19.3. The first kappa shape index (κ1) is 39.5. The van der Waals surface area contributed by atoms with E-state index >= 15 is 8.78 Å². The van der Waals surface area contributed by atoms with Gasteiger partial charge in [0, 0.05) is 39.0 Å². The summed E-state index contributed by atoms with van der Waals surface area (Å²) in [7, 11) is 1.51. The number of alkyl halides is 4. The Morgan fingerprint density at radius 2 is 1.89 bits per heavy atom. The first-order valence-corrected chi connectivity index (χ1v) is 20.9. The van der Waals surface area contributed by atoms with E-state index in [0.29, 0.717) is 80.0 Å². The molecule has 16 nitrogen and oxygen atoms in total. The molecule has 4 saturated heterocycles. The van der Waals surface area contributed by atoms with Gasteiger partial charge in [-0.25, -0.2) is 31.9 Å². The van der Waals surface area contributed by atoms with Crippen LogP contribution in [-0.2, 0) is 21.4 Å². The maximum absolute atomic E-state index is 16.2. The fourth-order valence-corrected chi connectivity index (χ4v) is 10.4. The van der Waals surface area contributed by atoms with Crippen LogP contribution in [0.5, 0.6) is 0 Å². The maximum atomic E-state index is 16.2. The number of benzene rings is 1.